The van der Waals surface area contributed by atoms with Crippen molar-refractivity contribution < 1.29 is 23.6 Å². The summed E-state index contributed by atoms with van der Waals surface area (Å²) >= 11 is 6.04. The minimum Gasteiger partial charge on any atom is -0.342 e. The van der Waals surface area contributed by atoms with Crippen LogP contribution in [0.25, 0.3) is 0 Å². The third-order valence-corrected chi connectivity index (χ3v) is 7.15. The van der Waals surface area contributed by atoms with E-state index in [0.717, 1.165) is 17.2 Å². The normalized spacial score (nSPS) is 15.1. The van der Waals surface area contributed by atoms with Crippen molar-refractivity contribution in [2.75, 3.05) is 11.9 Å². The van der Waals surface area contributed by atoms with Crippen molar-refractivity contribution in [3.8, 4) is 0 Å². The van der Waals surface area contributed by atoms with Crippen LogP contribution >= 0.6 is 11.6 Å². The number of rotatable bonds is 10. The number of carbonyl (C=O) groups is 4. The van der Waals surface area contributed by atoms with Gasteiger partial charge in [0.15, 0.2) is 5.78 Å². The number of nitrogens with two attached hydrogens (primary N) is 1. The minimum absolute atomic E-state index is 0.00304. The second kappa shape index (κ2) is 13.3. The molecule has 4 rings (SSSR count). The molecule has 10 heteroatoms. The number of hydrogen-bond donors (Lipinski definition) is 3. The fourth-order valence-corrected chi connectivity index (χ4v) is 4.89. The highest BCUT2D eigenvalue weighted by Gasteiger charge is 2.36. The Kier molecular flexibility index (Phi) is 9.63. The van der Waals surface area contributed by atoms with Gasteiger partial charge in [-0.25, -0.2) is 4.39 Å². The fraction of sp³-hybridized carbons (Fsp3) is 0.267. The van der Waals surface area contributed by atoms with E-state index in [2.05, 4.69) is 10.6 Å². The molecule has 0 spiro atoms. The fourth-order valence-electron chi connectivity index (χ4n) is 4.68. The molecule has 0 aromatic heterocycles. The molecule has 1 heterocycles. The van der Waals surface area contributed by atoms with Crippen LogP contribution in [-0.4, -0.2) is 47.0 Å². The van der Waals surface area contributed by atoms with Gasteiger partial charge in [-0.2, -0.15) is 0 Å². The van der Waals surface area contributed by atoms with Crippen molar-refractivity contribution in [3.63, 3.8) is 0 Å². The maximum atomic E-state index is 14.3. The van der Waals surface area contributed by atoms with Gasteiger partial charge < -0.3 is 21.3 Å². The summed E-state index contributed by atoms with van der Waals surface area (Å²) < 4.78 is 14.3. The van der Waals surface area contributed by atoms with Crippen LogP contribution in [0.4, 0.5) is 10.1 Å². The van der Waals surface area contributed by atoms with Gasteiger partial charge in [-0.15, -0.1) is 0 Å². The number of para-hydroxylation sites is 1. The zero-order chi connectivity index (χ0) is 28.6. The molecule has 3 aromatic rings. The summed E-state index contributed by atoms with van der Waals surface area (Å²) in [6.45, 7) is 0.256. The summed E-state index contributed by atoms with van der Waals surface area (Å²) in [5.41, 5.74) is 7.83. The summed E-state index contributed by atoms with van der Waals surface area (Å²) in [5.74, 6) is -2.47. The first-order valence-electron chi connectivity index (χ1n) is 13.0. The molecule has 0 aliphatic carbocycles. The van der Waals surface area contributed by atoms with Gasteiger partial charge in [0.1, 0.15) is 17.9 Å². The van der Waals surface area contributed by atoms with Gasteiger partial charge >= 0.3 is 0 Å². The lowest BCUT2D eigenvalue weighted by Crippen LogP contribution is -2.56. The number of hydrogen-bond acceptors (Lipinski definition) is 5. The van der Waals surface area contributed by atoms with E-state index in [4.69, 9.17) is 17.3 Å². The number of halogens is 2. The van der Waals surface area contributed by atoms with Crippen molar-refractivity contribution >= 4 is 40.8 Å². The highest BCUT2D eigenvalue weighted by molar-refractivity contribution is 6.33. The third-order valence-electron chi connectivity index (χ3n) is 6.83. The standard InChI is InChI=1S/C30H30ClFN4O4/c31-22-11-6-12-23(32)28(22)35-29(39)24(15-16-33)34-30(40)25-17-20-9-4-5-10-21(20)18-36(25)27(38)14-13-26(37)19-7-2-1-3-8-19/h1-12,24-25H,13-18,33H2,(H,34,40)(H,35,39)/t24-,25-/m0/s1. The molecule has 0 saturated heterocycles. The van der Waals surface area contributed by atoms with Crippen LogP contribution in [0.15, 0.2) is 72.8 Å². The van der Waals surface area contributed by atoms with E-state index in [0.29, 0.717) is 5.56 Å². The van der Waals surface area contributed by atoms with Crippen LogP contribution in [-0.2, 0) is 27.3 Å². The largest absolute Gasteiger partial charge is 0.342 e. The summed E-state index contributed by atoms with van der Waals surface area (Å²) in [5, 5.41) is 5.14. The quantitative estimate of drug-likeness (QED) is 0.323. The molecule has 8 nitrogen and oxygen atoms in total. The lowest BCUT2D eigenvalue weighted by Gasteiger charge is -2.36. The van der Waals surface area contributed by atoms with Crippen LogP contribution in [0, 0.1) is 5.82 Å². The Balaban J connectivity index is 1.50. The molecule has 4 N–H and O–H groups in total. The van der Waals surface area contributed by atoms with Gasteiger partial charge in [-0.1, -0.05) is 72.3 Å². The van der Waals surface area contributed by atoms with Gasteiger partial charge in [0, 0.05) is 31.4 Å². The first kappa shape index (κ1) is 28.9. The van der Waals surface area contributed by atoms with E-state index >= 15 is 0 Å². The smallest absolute Gasteiger partial charge is 0.247 e. The molecule has 0 saturated carbocycles. The lowest BCUT2D eigenvalue weighted by atomic mass is 9.92. The number of benzene rings is 3. The molecule has 2 atom stereocenters. The maximum absolute atomic E-state index is 14.3. The number of anilines is 1. The first-order chi connectivity index (χ1) is 19.3. The molecule has 208 valence electrons. The average molecular weight is 565 g/mol. The van der Waals surface area contributed by atoms with Gasteiger partial charge in [-0.05, 0) is 36.2 Å². The van der Waals surface area contributed by atoms with Crippen molar-refractivity contribution in [2.24, 2.45) is 5.73 Å². The van der Waals surface area contributed by atoms with E-state index in [9.17, 15) is 23.6 Å². The molecule has 3 aromatic carbocycles. The molecular formula is C30H30ClFN4O4. The lowest BCUT2D eigenvalue weighted by molar-refractivity contribution is -0.142. The zero-order valence-electron chi connectivity index (χ0n) is 21.7. The van der Waals surface area contributed by atoms with Crippen molar-refractivity contribution in [1.29, 1.82) is 0 Å². The molecule has 0 fully saturated rings. The van der Waals surface area contributed by atoms with Crippen LogP contribution in [0.1, 0.15) is 40.7 Å². The predicted molar refractivity (Wildman–Crippen MR) is 150 cm³/mol. The van der Waals surface area contributed by atoms with Crippen molar-refractivity contribution in [1.82, 2.24) is 10.2 Å². The molecule has 0 unspecified atom stereocenters. The molecular weight excluding hydrogens is 535 g/mol. The Morgan fingerprint density at radius 1 is 0.950 bits per heavy atom. The monoisotopic (exact) mass is 564 g/mol. The highest BCUT2D eigenvalue weighted by Crippen LogP contribution is 2.26. The summed E-state index contributed by atoms with van der Waals surface area (Å²) in [6, 6.07) is 18.2. The van der Waals surface area contributed by atoms with E-state index < -0.39 is 29.7 Å². The summed E-state index contributed by atoms with van der Waals surface area (Å²) in [4.78, 5) is 54.0. The van der Waals surface area contributed by atoms with E-state index in [1.165, 1.54) is 17.0 Å². The van der Waals surface area contributed by atoms with Gasteiger partial charge in [-0.3, -0.25) is 19.2 Å². The second-order valence-corrected chi connectivity index (χ2v) is 9.93. The Labute approximate surface area is 236 Å². The van der Waals surface area contributed by atoms with Crippen LogP contribution in [0.2, 0.25) is 5.02 Å². The summed E-state index contributed by atoms with van der Waals surface area (Å²) in [6.07, 6.45) is 0.234. The molecule has 1 aliphatic rings. The number of fused-ring (bicyclic) bond motifs is 1. The summed E-state index contributed by atoms with van der Waals surface area (Å²) in [7, 11) is 0. The second-order valence-electron chi connectivity index (χ2n) is 9.52. The van der Waals surface area contributed by atoms with E-state index in [-0.39, 0.29) is 61.2 Å². The Morgan fingerprint density at radius 2 is 1.65 bits per heavy atom. The van der Waals surface area contributed by atoms with Crippen molar-refractivity contribution in [2.45, 2.75) is 44.3 Å². The number of nitrogens with zero attached hydrogens (tertiary/aromatic N) is 1. The molecule has 1 aliphatic heterocycles. The Morgan fingerprint density at radius 3 is 2.35 bits per heavy atom. The minimum atomic E-state index is -1.10. The van der Waals surface area contributed by atoms with E-state index in [1.54, 1.807) is 30.3 Å². The topological polar surface area (TPSA) is 122 Å². The van der Waals surface area contributed by atoms with Gasteiger partial charge in [0.25, 0.3) is 0 Å². The van der Waals surface area contributed by atoms with E-state index in [1.807, 2.05) is 24.3 Å². The highest BCUT2D eigenvalue weighted by atomic mass is 35.5. The number of amides is 3. The van der Waals surface area contributed by atoms with Gasteiger partial charge in [0.05, 0.1) is 10.7 Å². The number of ketones is 1. The zero-order valence-corrected chi connectivity index (χ0v) is 22.5. The predicted octanol–water partition coefficient (Wildman–Crippen LogP) is 3.87. The van der Waals surface area contributed by atoms with Crippen LogP contribution in [0.3, 0.4) is 0 Å². The first-order valence-corrected chi connectivity index (χ1v) is 13.4. The Bertz CT molecular complexity index is 1380. The number of carbonyl (C=O) groups excluding carboxylic acids is 4. The molecule has 3 amide bonds. The van der Waals surface area contributed by atoms with Crippen LogP contribution < -0.4 is 16.4 Å². The molecule has 0 bridgehead atoms. The number of Topliss-reactive ketones (excluding diaryl/α,β-unsaturated/α-hetero) is 1. The maximum Gasteiger partial charge on any atom is 0.247 e. The van der Waals surface area contributed by atoms with Gasteiger partial charge in [0.2, 0.25) is 17.7 Å². The number of nitrogens with one attached hydrogen (secondary N) is 2. The molecule has 40 heavy (non-hydrogen) atoms. The SMILES string of the molecule is NCC[C@H](NC(=O)[C@@H]1Cc2ccccc2CN1C(=O)CCC(=O)c1ccccc1)C(=O)Nc1c(F)cccc1Cl. The third kappa shape index (κ3) is 6.91. The molecule has 0 radical (unpaired) electrons. The van der Waals surface area contributed by atoms with Crippen molar-refractivity contribution in [3.05, 3.63) is 100 Å². The Hall–Kier alpha value is -4.08. The van der Waals surface area contributed by atoms with Crippen LogP contribution in [0.5, 0.6) is 0 Å². The average Bonchev–Trinajstić information content (AvgIpc) is 2.97.